The van der Waals surface area contributed by atoms with E-state index in [0.717, 1.165) is 61.0 Å². The molecule has 4 aromatic rings. The molecule has 0 unspecified atom stereocenters. The topological polar surface area (TPSA) is 87.5 Å². The first-order valence-corrected chi connectivity index (χ1v) is 16.0. The highest BCUT2D eigenvalue weighted by Gasteiger charge is 2.30. The fraction of sp³-hybridized carbons (Fsp3) is 0.389. The highest BCUT2D eigenvalue weighted by molar-refractivity contribution is 6.07. The summed E-state index contributed by atoms with van der Waals surface area (Å²) in [6.45, 7) is 6.12. The number of nitrogens with one attached hydrogen (secondary N) is 1. The van der Waals surface area contributed by atoms with Crippen LogP contribution < -0.4 is 10.9 Å². The molecule has 3 aliphatic rings. The van der Waals surface area contributed by atoms with Gasteiger partial charge in [-0.2, -0.15) is 0 Å². The van der Waals surface area contributed by atoms with Crippen LogP contribution in [0.2, 0.25) is 0 Å². The van der Waals surface area contributed by atoms with Crippen molar-refractivity contribution in [3.63, 3.8) is 0 Å². The zero-order valence-electron chi connectivity index (χ0n) is 25.3. The molecule has 0 spiro atoms. The lowest BCUT2D eigenvalue weighted by atomic mass is 9.94. The van der Waals surface area contributed by atoms with E-state index in [1.165, 1.54) is 12.8 Å². The lowest BCUT2D eigenvalue weighted by Crippen LogP contribution is -2.46. The second kappa shape index (κ2) is 12.0. The number of rotatable bonds is 7. The first kappa shape index (κ1) is 28.5. The Morgan fingerprint density at radius 2 is 1.64 bits per heavy atom. The maximum absolute atomic E-state index is 14.3. The second-order valence-corrected chi connectivity index (χ2v) is 12.6. The number of piperidine rings is 1. The van der Waals surface area contributed by atoms with Crippen LogP contribution in [0.4, 0.5) is 0 Å². The minimum Gasteiger partial charge on any atom is -0.349 e. The second-order valence-electron chi connectivity index (χ2n) is 12.6. The van der Waals surface area contributed by atoms with Crippen molar-refractivity contribution >= 4 is 22.6 Å². The van der Waals surface area contributed by atoms with Gasteiger partial charge >= 0.3 is 0 Å². The third kappa shape index (κ3) is 5.78. The van der Waals surface area contributed by atoms with Crippen molar-refractivity contribution in [2.75, 3.05) is 26.2 Å². The molecule has 1 saturated carbocycles. The van der Waals surface area contributed by atoms with Gasteiger partial charge in [0, 0.05) is 60.1 Å². The molecule has 1 N–H and O–H groups in total. The van der Waals surface area contributed by atoms with E-state index < -0.39 is 0 Å². The average molecular weight is 590 g/mol. The number of fused-ring (bicyclic) bond motifs is 1. The SMILES string of the molecule is Cc1ccc(C(=O)NC2CC2)cc1-c1ccc2c(=O)n(Cc3ccncc3)cc(C(=O)N3CCC(N4CCCC4)CC3)c2c1. The fourth-order valence-electron chi connectivity index (χ4n) is 6.81. The van der Waals surface area contributed by atoms with Crippen LogP contribution in [-0.2, 0) is 6.54 Å². The van der Waals surface area contributed by atoms with E-state index in [1.807, 2.05) is 60.4 Å². The number of hydrogen-bond donors (Lipinski definition) is 1. The summed E-state index contributed by atoms with van der Waals surface area (Å²) in [6, 6.07) is 16.1. The number of likely N-dealkylation sites (tertiary alicyclic amines) is 2. The highest BCUT2D eigenvalue weighted by atomic mass is 16.2. The molecule has 4 heterocycles. The van der Waals surface area contributed by atoms with Gasteiger partial charge in [-0.15, -0.1) is 0 Å². The monoisotopic (exact) mass is 589 g/mol. The van der Waals surface area contributed by atoms with Gasteiger partial charge in [-0.1, -0.05) is 12.1 Å². The molecule has 8 heteroatoms. The number of pyridine rings is 2. The lowest BCUT2D eigenvalue weighted by molar-refractivity contribution is 0.0645. The molecule has 0 atom stereocenters. The van der Waals surface area contributed by atoms with Crippen molar-refractivity contribution in [3.05, 3.63) is 99.7 Å². The molecule has 2 aliphatic heterocycles. The van der Waals surface area contributed by atoms with Gasteiger partial charge < -0.3 is 19.7 Å². The Morgan fingerprint density at radius 3 is 2.36 bits per heavy atom. The summed E-state index contributed by atoms with van der Waals surface area (Å²) >= 11 is 0. The molecule has 2 amide bonds. The Hall–Kier alpha value is -4.30. The average Bonchev–Trinajstić information content (AvgIpc) is 3.70. The van der Waals surface area contributed by atoms with Gasteiger partial charge in [0.2, 0.25) is 0 Å². The van der Waals surface area contributed by atoms with Gasteiger partial charge in [0.15, 0.2) is 0 Å². The molecule has 0 bridgehead atoms. The summed E-state index contributed by atoms with van der Waals surface area (Å²) in [7, 11) is 0. The molecule has 44 heavy (non-hydrogen) atoms. The molecule has 3 fully saturated rings. The van der Waals surface area contributed by atoms with Gasteiger partial charge in [0.25, 0.3) is 17.4 Å². The Bertz CT molecular complexity index is 1760. The van der Waals surface area contributed by atoms with E-state index in [9.17, 15) is 14.4 Å². The molecular formula is C36H39N5O3. The van der Waals surface area contributed by atoms with Crippen LogP contribution in [-0.4, -0.2) is 69.4 Å². The summed E-state index contributed by atoms with van der Waals surface area (Å²) in [6.07, 6.45) is 11.7. The quantitative estimate of drug-likeness (QED) is 0.328. The first-order chi connectivity index (χ1) is 21.4. The van der Waals surface area contributed by atoms with E-state index in [4.69, 9.17) is 0 Å². The third-order valence-electron chi connectivity index (χ3n) is 9.55. The van der Waals surface area contributed by atoms with Crippen molar-refractivity contribution < 1.29 is 9.59 Å². The van der Waals surface area contributed by atoms with Crippen molar-refractivity contribution in [2.24, 2.45) is 0 Å². The van der Waals surface area contributed by atoms with E-state index in [-0.39, 0.29) is 23.4 Å². The largest absolute Gasteiger partial charge is 0.349 e. The zero-order chi connectivity index (χ0) is 30.2. The van der Waals surface area contributed by atoms with Crippen LogP contribution >= 0.6 is 0 Å². The predicted molar refractivity (Wildman–Crippen MR) is 172 cm³/mol. The maximum Gasteiger partial charge on any atom is 0.258 e. The van der Waals surface area contributed by atoms with Gasteiger partial charge in [0.1, 0.15) is 0 Å². The zero-order valence-corrected chi connectivity index (χ0v) is 25.3. The van der Waals surface area contributed by atoms with Crippen molar-refractivity contribution in [1.82, 2.24) is 24.7 Å². The summed E-state index contributed by atoms with van der Waals surface area (Å²) in [5.41, 5.74) is 4.78. The number of nitrogens with zero attached hydrogens (tertiary/aromatic N) is 4. The Labute approximate surface area is 257 Å². The van der Waals surface area contributed by atoms with Gasteiger partial charge in [-0.25, -0.2) is 0 Å². The van der Waals surface area contributed by atoms with E-state index in [1.54, 1.807) is 23.2 Å². The number of aryl methyl sites for hydroxylation is 1. The third-order valence-corrected chi connectivity index (χ3v) is 9.55. The van der Waals surface area contributed by atoms with Crippen molar-refractivity contribution in [3.8, 4) is 11.1 Å². The van der Waals surface area contributed by atoms with E-state index in [0.29, 0.717) is 47.6 Å². The number of benzene rings is 2. The van der Waals surface area contributed by atoms with Crippen LogP contribution in [0, 0.1) is 6.92 Å². The molecule has 8 nitrogen and oxygen atoms in total. The normalized spacial score (nSPS) is 17.7. The van der Waals surface area contributed by atoms with Crippen LogP contribution in [0.3, 0.4) is 0 Å². The predicted octanol–water partition coefficient (Wildman–Crippen LogP) is 5.01. The van der Waals surface area contributed by atoms with E-state index >= 15 is 0 Å². The lowest BCUT2D eigenvalue weighted by Gasteiger charge is -2.36. The molecule has 226 valence electrons. The van der Waals surface area contributed by atoms with Crippen LogP contribution in [0.1, 0.15) is 70.4 Å². The van der Waals surface area contributed by atoms with Crippen LogP contribution in [0.15, 0.2) is 71.9 Å². The number of aromatic nitrogens is 2. The fourth-order valence-corrected chi connectivity index (χ4v) is 6.81. The van der Waals surface area contributed by atoms with E-state index in [2.05, 4.69) is 15.2 Å². The van der Waals surface area contributed by atoms with Crippen LogP contribution in [0.5, 0.6) is 0 Å². The highest BCUT2D eigenvalue weighted by Crippen LogP contribution is 2.31. The molecule has 1 aliphatic carbocycles. The summed E-state index contributed by atoms with van der Waals surface area (Å²) < 4.78 is 1.65. The number of hydrogen-bond acceptors (Lipinski definition) is 5. The molecule has 0 radical (unpaired) electrons. The van der Waals surface area contributed by atoms with Crippen molar-refractivity contribution in [1.29, 1.82) is 0 Å². The number of carbonyl (C=O) groups is 2. The van der Waals surface area contributed by atoms with Crippen LogP contribution in [0.25, 0.3) is 21.9 Å². The molecular weight excluding hydrogens is 550 g/mol. The number of carbonyl (C=O) groups excluding carboxylic acids is 2. The molecule has 2 aromatic carbocycles. The summed E-state index contributed by atoms with van der Waals surface area (Å²) in [5.74, 6) is -0.105. The number of amides is 2. The maximum atomic E-state index is 14.3. The molecule has 2 aromatic heterocycles. The smallest absolute Gasteiger partial charge is 0.258 e. The Morgan fingerprint density at radius 1 is 0.886 bits per heavy atom. The molecule has 2 saturated heterocycles. The summed E-state index contributed by atoms with van der Waals surface area (Å²) in [5, 5.41) is 4.24. The van der Waals surface area contributed by atoms with Gasteiger partial charge in [0.05, 0.1) is 12.1 Å². The first-order valence-electron chi connectivity index (χ1n) is 16.0. The minimum atomic E-state index is -0.137. The van der Waals surface area contributed by atoms with Crippen molar-refractivity contribution in [2.45, 2.75) is 64.1 Å². The Kier molecular flexibility index (Phi) is 7.77. The van der Waals surface area contributed by atoms with Gasteiger partial charge in [-0.3, -0.25) is 19.4 Å². The van der Waals surface area contributed by atoms with Gasteiger partial charge in [-0.05, 0) is 117 Å². The molecule has 7 rings (SSSR count). The standard InChI is InChI=1S/C36H39N5O3/c1-24-4-5-27(34(42)38-28-7-8-28)21-31(24)26-6-9-30-32(20-26)33(23-41(35(30)43)22-25-10-14-37-15-11-25)36(44)40-18-12-29(13-19-40)39-16-2-3-17-39/h4-6,9-11,14-15,20-21,23,28-29H,2-3,7-8,12-13,16-19,22H2,1H3,(H,38,42). The Balaban J connectivity index is 1.27. The summed E-state index contributed by atoms with van der Waals surface area (Å²) in [4.78, 5) is 49.6. The minimum absolute atomic E-state index is 0.0372.